The molecule has 0 aromatic heterocycles. The molecule has 2 aromatic carbocycles. The zero-order chi connectivity index (χ0) is 23.4. The maximum Gasteiger partial charge on any atom is 0.226 e. The Hall–Kier alpha value is -2.32. The predicted molar refractivity (Wildman–Crippen MR) is 122 cm³/mol. The van der Waals surface area contributed by atoms with Crippen molar-refractivity contribution >= 4 is 15.9 Å². The van der Waals surface area contributed by atoms with Gasteiger partial charge in [0.05, 0.1) is 12.3 Å². The number of sulfonamides is 1. The summed E-state index contributed by atoms with van der Waals surface area (Å²) in [5.74, 6) is -0.883. The second-order valence-corrected chi connectivity index (χ2v) is 11.7. The molecule has 0 radical (unpaired) electrons. The molecule has 33 heavy (non-hydrogen) atoms. The quantitative estimate of drug-likeness (QED) is 0.695. The highest BCUT2D eigenvalue weighted by Gasteiger charge is 2.61. The summed E-state index contributed by atoms with van der Waals surface area (Å²) in [7, 11) is -3.54. The summed E-state index contributed by atoms with van der Waals surface area (Å²) in [6, 6.07) is 13.4. The van der Waals surface area contributed by atoms with Crippen LogP contribution in [0, 0.1) is 17.2 Å². The van der Waals surface area contributed by atoms with E-state index < -0.39 is 28.3 Å². The zero-order valence-corrected chi connectivity index (χ0v) is 19.3. The number of amides is 1. The molecule has 8 heteroatoms. The van der Waals surface area contributed by atoms with Crippen LogP contribution in [0.4, 0.5) is 8.78 Å². The van der Waals surface area contributed by atoms with E-state index in [9.17, 15) is 17.6 Å². The molecule has 1 spiro atoms. The molecule has 5 rings (SSSR count). The summed E-state index contributed by atoms with van der Waals surface area (Å²) >= 11 is 0. The Morgan fingerprint density at radius 1 is 1.12 bits per heavy atom. The number of halogens is 2. The molecule has 2 atom stereocenters. The summed E-state index contributed by atoms with van der Waals surface area (Å²) in [5, 5.41) is 0. The van der Waals surface area contributed by atoms with Gasteiger partial charge < -0.3 is 4.90 Å². The minimum atomic E-state index is -3.54. The van der Waals surface area contributed by atoms with E-state index in [0.717, 1.165) is 24.7 Å². The normalized spacial score (nSPS) is 28.0. The fourth-order valence-corrected chi connectivity index (χ4v) is 6.33. The number of likely N-dealkylation sites (tertiary alicyclic amines) is 1. The molecule has 1 heterocycles. The van der Waals surface area contributed by atoms with Crippen molar-refractivity contribution in [3.8, 4) is 11.1 Å². The van der Waals surface area contributed by atoms with Crippen LogP contribution in [-0.4, -0.2) is 50.3 Å². The van der Waals surface area contributed by atoms with E-state index in [1.807, 2.05) is 30.3 Å². The smallest absolute Gasteiger partial charge is 0.226 e. The summed E-state index contributed by atoms with van der Waals surface area (Å²) in [4.78, 5) is 15.0. The maximum atomic E-state index is 15.6. The first-order chi connectivity index (χ1) is 15.7. The Labute approximate surface area is 193 Å². The highest BCUT2D eigenvalue weighted by molar-refractivity contribution is 7.88. The standard InChI is InChI=1S/C25H28F2N2O3S/c1-33(31,32)28-23-21(29(15-25(23)10-11-25)24(30)18-12-19(26)13-18)14-17-8-5-9-20(22(17)27)16-6-3-2-4-7-16/h2-9,18-19,21,23,28H,10-15H2,1H3. The first kappa shape index (κ1) is 22.5. The van der Waals surface area contributed by atoms with Gasteiger partial charge in [-0.3, -0.25) is 4.79 Å². The van der Waals surface area contributed by atoms with Crippen LogP contribution in [0.5, 0.6) is 0 Å². The number of rotatable bonds is 6. The van der Waals surface area contributed by atoms with Crippen LogP contribution in [0.3, 0.4) is 0 Å². The van der Waals surface area contributed by atoms with Gasteiger partial charge in [0.1, 0.15) is 12.0 Å². The first-order valence-electron chi connectivity index (χ1n) is 11.4. The third-order valence-corrected chi connectivity index (χ3v) is 8.15. The Balaban J connectivity index is 1.49. The van der Waals surface area contributed by atoms with Crippen LogP contribution in [0.1, 0.15) is 31.2 Å². The van der Waals surface area contributed by atoms with E-state index in [-0.39, 0.29) is 42.3 Å². The van der Waals surface area contributed by atoms with Crippen molar-refractivity contribution < 1.29 is 22.0 Å². The van der Waals surface area contributed by atoms with Gasteiger partial charge >= 0.3 is 0 Å². The topological polar surface area (TPSA) is 66.5 Å². The van der Waals surface area contributed by atoms with Gasteiger partial charge in [-0.2, -0.15) is 0 Å². The summed E-state index contributed by atoms with van der Waals surface area (Å²) < 4.78 is 56.2. The molecule has 2 aliphatic carbocycles. The lowest BCUT2D eigenvalue weighted by Gasteiger charge is -2.36. The van der Waals surface area contributed by atoms with E-state index in [1.54, 1.807) is 23.1 Å². The largest absolute Gasteiger partial charge is 0.337 e. The van der Waals surface area contributed by atoms with E-state index in [1.165, 1.54) is 0 Å². The van der Waals surface area contributed by atoms with Crippen LogP contribution in [-0.2, 0) is 21.2 Å². The summed E-state index contributed by atoms with van der Waals surface area (Å²) in [6.07, 6.45) is 2.38. The summed E-state index contributed by atoms with van der Waals surface area (Å²) in [5.41, 5.74) is 1.34. The minimum Gasteiger partial charge on any atom is -0.337 e. The van der Waals surface area contributed by atoms with Gasteiger partial charge in [-0.25, -0.2) is 21.9 Å². The number of benzene rings is 2. The van der Waals surface area contributed by atoms with Gasteiger partial charge in [0.2, 0.25) is 15.9 Å². The third kappa shape index (κ3) is 4.30. The fraction of sp³-hybridized carbons (Fsp3) is 0.480. The van der Waals surface area contributed by atoms with Crippen LogP contribution in [0.15, 0.2) is 48.5 Å². The Morgan fingerprint density at radius 2 is 1.82 bits per heavy atom. The van der Waals surface area contributed by atoms with Crippen LogP contribution < -0.4 is 4.72 Å². The van der Waals surface area contributed by atoms with Gasteiger partial charge in [-0.15, -0.1) is 0 Å². The number of carbonyl (C=O) groups excluding carboxylic acids is 1. The summed E-state index contributed by atoms with van der Waals surface area (Å²) in [6.45, 7) is 0.428. The van der Waals surface area contributed by atoms with Crippen molar-refractivity contribution in [2.45, 2.75) is 50.4 Å². The van der Waals surface area contributed by atoms with Crippen LogP contribution >= 0.6 is 0 Å². The molecule has 1 N–H and O–H groups in total. The van der Waals surface area contributed by atoms with Gasteiger partial charge in [0.25, 0.3) is 0 Å². The molecule has 0 bridgehead atoms. The zero-order valence-electron chi connectivity index (χ0n) is 18.5. The Bertz CT molecular complexity index is 1160. The first-order valence-corrected chi connectivity index (χ1v) is 13.3. The van der Waals surface area contributed by atoms with E-state index in [4.69, 9.17) is 0 Å². The van der Waals surface area contributed by atoms with Crippen LogP contribution in [0.2, 0.25) is 0 Å². The second kappa shape index (κ2) is 8.17. The third-order valence-electron chi connectivity index (χ3n) is 7.47. The van der Waals surface area contributed by atoms with Gasteiger partial charge in [-0.05, 0) is 43.2 Å². The molecule has 2 saturated carbocycles. The van der Waals surface area contributed by atoms with Gasteiger partial charge in [-0.1, -0.05) is 48.5 Å². The molecule has 176 valence electrons. The van der Waals surface area contributed by atoms with E-state index in [2.05, 4.69) is 4.72 Å². The fourth-order valence-electron chi connectivity index (χ4n) is 5.46. The van der Waals surface area contributed by atoms with Crippen molar-refractivity contribution in [1.82, 2.24) is 9.62 Å². The lowest BCUT2D eigenvalue weighted by atomic mass is 9.82. The number of carbonyl (C=O) groups is 1. The second-order valence-electron chi connectivity index (χ2n) is 9.88. The van der Waals surface area contributed by atoms with Gasteiger partial charge in [0, 0.05) is 29.5 Å². The molecule has 1 amide bonds. The van der Waals surface area contributed by atoms with E-state index in [0.29, 0.717) is 17.7 Å². The molecule has 2 aromatic rings. The monoisotopic (exact) mass is 474 g/mol. The van der Waals surface area contributed by atoms with E-state index >= 15 is 4.39 Å². The number of alkyl halides is 1. The average Bonchev–Trinajstić information content (AvgIpc) is 3.48. The number of nitrogens with zero attached hydrogens (tertiary/aromatic N) is 1. The molecular formula is C25H28F2N2O3S. The Morgan fingerprint density at radius 3 is 2.42 bits per heavy atom. The minimum absolute atomic E-state index is 0.141. The van der Waals surface area contributed by atoms with Crippen molar-refractivity contribution in [3.63, 3.8) is 0 Å². The molecule has 5 nitrogen and oxygen atoms in total. The molecule has 1 aliphatic heterocycles. The highest BCUT2D eigenvalue weighted by atomic mass is 32.2. The predicted octanol–water partition coefficient (Wildman–Crippen LogP) is 3.69. The number of hydrogen-bond donors (Lipinski definition) is 1. The highest BCUT2D eigenvalue weighted by Crippen LogP contribution is 2.56. The molecule has 1 saturated heterocycles. The lowest BCUT2D eigenvalue weighted by molar-refractivity contribution is -0.141. The van der Waals surface area contributed by atoms with Crippen LogP contribution in [0.25, 0.3) is 11.1 Å². The van der Waals surface area contributed by atoms with Crippen molar-refractivity contribution in [2.24, 2.45) is 11.3 Å². The molecule has 2 unspecified atom stereocenters. The Kier molecular flexibility index (Phi) is 5.56. The molecule has 3 fully saturated rings. The molecular weight excluding hydrogens is 446 g/mol. The van der Waals surface area contributed by atoms with Crippen molar-refractivity contribution in [1.29, 1.82) is 0 Å². The average molecular weight is 475 g/mol. The number of hydrogen-bond acceptors (Lipinski definition) is 3. The lowest BCUT2D eigenvalue weighted by Crippen LogP contribution is -2.51. The van der Waals surface area contributed by atoms with Crippen molar-refractivity contribution in [2.75, 3.05) is 12.8 Å². The van der Waals surface area contributed by atoms with Crippen molar-refractivity contribution in [3.05, 3.63) is 59.9 Å². The molecule has 3 aliphatic rings. The SMILES string of the molecule is CS(=O)(=O)NC1C(Cc2cccc(-c3ccccc3)c2F)N(C(=O)C2CC(F)C2)CC12CC2. The number of nitrogens with one attached hydrogen (secondary N) is 1. The maximum absolute atomic E-state index is 15.6. The van der Waals surface area contributed by atoms with Gasteiger partial charge in [0.15, 0.2) is 0 Å².